The fourth-order valence-corrected chi connectivity index (χ4v) is 3.34. The minimum Gasteiger partial charge on any atom is -0.398 e. The Morgan fingerprint density at radius 3 is 1.96 bits per heavy atom. The van der Waals surface area contributed by atoms with E-state index in [4.69, 9.17) is 5.73 Å². The molecule has 0 bridgehead atoms. The Bertz CT molecular complexity index is 1100. The van der Waals surface area contributed by atoms with Gasteiger partial charge in [-0.05, 0) is 59.0 Å². The summed E-state index contributed by atoms with van der Waals surface area (Å²) < 4.78 is 0. The first-order chi connectivity index (χ1) is 13.7. The Balaban J connectivity index is 1.44. The quantitative estimate of drug-likeness (QED) is 0.461. The van der Waals surface area contributed by atoms with E-state index in [1.54, 1.807) is 0 Å². The van der Waals surface area contributed by atoms with E-state index in [2.05, 4.69) is 41.7 Å². The standard InChI is InChI=1S/C25H22N2O/c26-24-17-21-9-5-4-8-20(21)16-23(24)25(28)27-22-14-12-19(13-15-22)11-10-18-6-2-1-3-7-18/h1-9,12-17H,10-11,26H2,(H,27,28). The molecule has 0 heterocycles. The molecule has 3 N–H and O–H groups in total. The molecule has 0 aromatic heterocycles. The average molecular weight is 366 g/mol. The highest BCUT2D eigenvalue weighted by Gasteiger charge is 2.11. The SMILES string of the molecule is Nc1cc2ccccc2cc1C(=O)Nc1ccc(CCc2ccccc2)cc1. The van der Waals surface area contributed by atoms with E-state index in [0.29, 0.717) is 11.3 Å². The van der Waals surface area contributed by atoms with Crippen molar-refractivity contribution in [1.82, 2.24) is 0 Å². The van der Waals surface area contributed by atoms with E-state index in [-0.39, 0.29) is 5.91 Å². The Labute approximate surface area is 164 Å². The molecule has 0 spiro atoms. The summed E-state index contributed by atoms with van der Waals surface area (Å²) in [6, 6.07) is 30.0. The lowest BCUT2D eigenvalue weighted by atomic mass is 10.0. The molecule has 3 nitrogen and oxygen atoms in total. The van der Waals surface area contributed by atoms with Crippen LogP contribution in [0.3, 0.4) is 0 Å². The molecular formula is C25H22N2O. The smallest absolute Gasteiger partial charge is 0.257 e. The molecule has 0 radical (unpaired) electrons. The fourth-order valence-electron chi connectivity index (χ4n) is 3.34. The normalized spacial score (nSPS) is 10.7. The number of aryl methyl sites for hydroxylation is 2. The number of nitrogens with two attached hydrogens (primary N) is 1. The second-order valence-corrected chi connectivity index (χ2v) is 6.92. The Morgan fingerprint density at radius 2 is 1.29 bits per heavy atom. The van der Waals surface area contributed by atoms with E-state index in [1.165, 1.54) is 11.1 Å². The fraction of sp³-hybridized carbons (Fsp3) is 0.0800. The number of carbonyl (C=O) groups excluding carboxylic acids is 1. The van der Waals surface area contributed by atoms with Crippen molar-refractivity contribution in [3.63, 3.8) is 0 Å². The predicted octanol–water partition coefficient (Wildman–Crippen LogP) is 5.46. The second-order valence-electron chi connectivity index (χ2n) is 6.92. The Hall–Kier alpha value is -3.59. The van der Waals surface area contributed by atoms with Crippen LogP contribution < -0.4 is 11.1 Å². The van der Waals surface area contributed by atoms with Crippen molar-refractivity contribution in [3.8, 4) is 0 Å². The van der Waals surface area contributed by atoms with Gasteiger partial charge >= 0.3 is 0 Å². The first-order valence-electron chi connectivity index (χ1n) is 9.41. The highest BCUT2D eigenvalue weighted by molar-refractivity contribution is 6.10. The van der Waals surface area contributed by atoms with Gasteiger partial charge in [-0.1, -0.05) is 66.7 Å². The van der Waals surface area contributed by atoms with E-state index in [9.17, 15) is 4.79 Å². The summed E-state index contributed by atoms with van der Waals surface area (Å²) in [5, 5.41) is 4.97. The molecule has 138 valence electrons. The zero-order valence-corrected chi connectivity index (χ0v) is 15.6. The summed E-state index contributed by atoms with van der Waals surface area (Å²) in [5.74, 6) is -0.194. The number of nitrogens with one attached hydrogen (secondary N) is 1. The number of benzene rings is 4. The third kappa shape index (κ3) is 4.04. The highest BCUT2D eigenvalue weighted by Crippen LogP contribution is 2.23. The minimum atomic E-state index is -0.194. The van der Waals surface area contributed by atoms with Gasteiger partial charge in [0.25, 0.3) is 5.91 Å². The number of amides is 1. The molecule has 0 saturated heterocycles. The Morgan fingerprint density at radius 1 is 0.714 bits per heavy atom. The molecule has 0 unspecified atom stereocenters. The Kier molecular flexibility index (Phi) is 5.07. The zero-order chi connectivity index (χ0) is 19.3. The van der Waals surface area contributed by atoms with Crippen LogP contribution in [0, 0.1) is 0 Å². The number of hydrogen-bond donors (Lipinski definition) is 2. The van der Waals surface area contributed by atoms with Gasteiger partial charge in [0.15, 0.2) is 0 Å². The second kappa shape index (κ2) is 7.97. The lowest BCUT2D eigenvalue weighted by molar-refractivity contribution is 0.102. The molecular weight excluding hydrogens is 344 g/mol. The number of fused-ring (bicyclic) bond motifs is 1. The first-order valence-corrected chi connectivity index (χ1v) is 9.41. The van der Waals surface area contributed by atoms with Crippen LogP contribution in [0.5, 0.6) is 0 Å². The third-order valence-corrected chi connectivity index (χ3v) is 4.92. The minimum absolute atomic E-state index is 0.194. The maximum atomic E-state index is 12.7. The van der Waals surface area contributed by atoms with Gasteiger partial charge < -0.3 is 11.1 Å². The van der Waals surface area contributed by atoms with E-state index < -0.39 is 0 Å². The number of rotatable bonds is 5. The van der Waals surface area contributed by atoms with Crippen molar-refractivity contribution in [2.24, 2.45) is 0 Å². The molecule has 3 heteroatoms. The maximum Gasteiger partial charge on any atom is 0.257 e. The summed E-state index contributed by atoms with van der Waals surface area (Å²) >= 11 is 0. The summed E-state index contributed by atoms with van der Waals surface area (Å²) in [6.45, 7) is 0. The van der Waals surface area contributed by atoms with Crippen molar-refractivity contribution >= 4 is 28.1 Å². The van der Waals surface area contributed by atoms with Gasteiger partial charge in [-0.25, -0.2) is 0 Å². The number of hydrogen-bond acceptors (Lipinski definition) is 2. The topological polar surface area (TPSA) is 55.1 Å². The van der Waals surface area contributed by atoms with Crippen molar-refractivity contribution in [2.45, 2.75) is 12.8 Å². The van der Waals surface area contributed by atoms with E-state index in [0.717, 1.165) is 29.3 Å². The predicted molar refractivity (Wildman–Crippen MR) is 117 cm³/mol. The molecule has 28 heavy (non-hydrogen) atoms. The molecule has 0 saturated carbocycles. The molecule has 0 atom stereocenters. The molecule has 0 aliphatic heterocycles. The summed E-state index contributed by atoms with van der Waals surface area (Å²) in [6.07, 6.45) is 1.97. The monoisotopic (exact) mass is 366 g/mol. The zero-order valence-electron chi connectivity index (χ0n) is 15.6. The van der Waals surface area contributed by atoms with Crippen LogP contribution in [0.4, 0.5) is 11.4 Å². The molecule has 4 aromatic carbocycles. The van der Waals surface area contributed by atoms with Gasteiger partial charge in [-0.3, -0.25) is 4.79 Å². The van der Waals surface area contributed by atoms with Crippen molar-refractivity contribution in [2.75, 3.05) is 11.1 Å². The van der Waals surface area contributed by atoms with Crippen LogP contribution in [-0.4, -0.2) is 5.91 Å². The molecule has 0 fully saturated rings. The van der Waals surface area contributed by atoms with Crippen LogP contribution in [-0.2, 0) is 12.8 Å². The number of anilines is 2. The van der Waals surface area contributed by atoms with Crippen LogP contribution in [0.25, 0.3) is 10.8 Å². The lowest BCUT2D eigenvalue weighted by Gasteiger charge is -2.10. The highest BCUT2D eigenvalue weighted by atomic mass is 16.1. The number of carbonyl (C=O) groups is 1. The molecule has 4 rings (SSSR count). The average Bonchev–Trinajstić information content (AvgIpc) is 2.73. The van der Waals surface area contributed by atoms with Gasteiger partial charge in [-0.15, -0.1) is 0 Å². The largest absolute Gasteiger partial charge is 0.398 e. The summed E-state index contributed by atoms with van der Waals surface area (Å²) in [5.41, 5.74) is 10.4. The van der Waals surface area contributed by atoms with Gasteiger partial charge in [0, 0.05) is 11.4 Å². The molecule has 0 aliphatic carbocycles. The lowest BCUT2D eigenvalue weighted by Crippen LogP contribution is -2.14. The molecule has 4 aromatic rings. The molecule has 0 aliphatic rings. The molecule has 1 amide bonds. The maximum absolute atomic E-state index is 12.7. The van der Waals surface area contributed by atoms with Gasteiger partial charge in [-0.2, -0.15) is 0 Å². The number of nitrogen functional groups attached to an aromatic ring is 1. The van der Waals surface area contributed by atoms with Crippen LogP contribution in [0.15, 0.2) is 91.0 Å². The van der Waals surface area contributed by atoms with Gasteiger partial charge in [0.1, 0.15) is 0 Å². The first kappa shape index (κ1) is 17.8. The van der Waals surface area contributed by atoms with Crippen LogP contribution in [0.2, 0.25) is 0 Å². The van der Waals surface area contributed by atoms with Crippen LogP contribution in [0.1, 0.15) is 21.5 Å². The third-order valence-electron chi connectivity index (χ3n) is 4.92. The summed E-state index contributed by atoms with van der Waals surface area (Å²) in [7, 11) is 0. The van der Waals surface area contributed by atoms with Crippen molar-refractivity contribution < 1.29 is 4.79 Å². The van der Waals surface area contributed by atoms with Crippen LogP contribution >= 0.6 is 0 Å². The van der Waals surface area contributed by atoms with Gasteiger partial charge in [0.05, 0.1) is 5.56 Å². The van der Waals surface area contributed by atoms with Crippen molar-refractivity contribution in [3.05, 3.63) is 108 Å². The van der Waals surface area contributed by atoms with E-state index >= 15 is 0 Å². The van der Waals surface area contributed by atoms with Gasteiger partial charge in [0.2, 0.25) is 0 Å². The summed E-state index contributed by atoms with van der Waals surface area (Å²) in [4.78, 5) is 12.7. The van der Waals surface area contributed by atoms with E-state index in [1.807, 2.05) is 54.6 Å². The van der Waals surface area contributed by atoms with Crippen molar-refractivity contribution in [1.29, 1.82) is 0 Å².